The van der Waals surface area contributed by atoms with Crippen LogP contribution in [0.1, 0.15) is 55.6 Å². The largest absolute Gasteiger partial charge is 0.483 e. The highest BCUT2D eigenvalue weighted by Gasteiger charge is 2.27. The molecule has 10 nitrogen and oxygen atoms in total. The van der Waals surface area contributed by atoms with Crippen molar-refractivity contribution in [3.63, 3.8) is 0 Å². The van der Waals surface area contributed by atoms with Gasteiger partial charge >= 0.3 is 11.9 Å². The van der Waals surface area contributed by atoms with Crippen LogP contribution in [0, 0.1) is 20.8 Å². The van der Waals surface area contributed by atoms with Gasteiger partial charge in [-0.05, 0) is 56.5 Å². The van der Waals surface area contributed by atoms with Gasteiger partial charge in [-0.3, -0.25) is 9.36 Å². The number of allylic oxidation sites excluding steroid dienone is 1. The van der Waals surface area contributed by atoms with Crippen molar-refractivity contribution < 1.29 is 28.6 Å². The highest BCUT2D eigenvalue weighted by atomic mass is 32.2. The molecule has 202 valence electrons. The predicted molar refractivity (Wildman–Crippen MR) is 146 cm³/mol. The second-order valence-corrected chi connectivity index (χ2v) is 10.3. The number of nitrogens with zero attached hydrogens (tertiary/aromatic N) is 3. The van der Waals surface area contributed by atoms with Crippen LogP contribution < -0.4 is 10.1 Å². The highest BCUT2D eigenvalue weighted by Crippen LogP contribution is 2.34. The molecule has 0 aliphatic carbocycles. The third kappa shape index (κ3) is 6.43. The van der Waals surface area contributed by atoms with Gasteiger partial charge in [-0.2, -0.15) is 0 Å². The minimum absolute atomic E-state index is 0.0210. The minimum atomic E-state index is -0.662. The maximum Gasteiger partial charge on any atom is 0.348 e. The van der Waals surface area contributed by atoms with Crippen LogP contribution in [0.4, 0.5) is 5.00 Å². The summed E-state index contributed by atoms with van der Waals surface area (Å²) in [7, 11) is 2.48. The molecule has 0 aliphatic heterocycles. The average Bonchev–Trinajstić information content (AvgIpc) is 3.44. The van der Waals surface area contributed by atoms with Gasteiger partial charge in [0.15, 0.2) is 17.1 Å². The van der Waals surface area contributed by atoms with Crippen molar-refractivity contribution in [1.29, 1.82) is 0 Å². The number of hydrogen-bond acceptors (Lipinski definition) is 10. The zero-order valence-electron chi connectivity index (χ0n) is 22.1. The third-order valence-corrected chi connectivity index (χ3v) is 7.86. The lowest BCUT2D eigenvalue weighted by Gasteiger charge is -2.16. The Hall–Kier alpha value is -3.64. The van der Waals surface area contributed by atoms with E-state index in [0.717, 1.165) is 22.6 Å². The number of rotatable bonds is 11. The zero-order valence-corrected chi connectivity index (χ0v) is 23.7. The summed E-state index contributed by atoms with van der Waals surface area (Å²) >= 11 is 2.13. The fourth-order valence-electron chi connectivity index (χ4n) is 3.58. The summed E-state index contributed by atoms with van der Waals surface area (Å²) < 4.78 is 17.6. The molecular formula is C26H30N4O6S2. The minimum Gasteiger partial charge on any atom is -0.483 e. The van der Waals surface area contributed by atoms with Gasteiger partial charge in [-0.15, -0.1) is 28.1 Å². The van der Waals surface area contributed by atoms with Gasteiger partial charge in [0.05, 0.1) is 25.5 Å². The van der Waals surface area contributed by atoms with E-state index in [1.54, 1.807) is 13.0 Å². The highest BCUT2D eigenvalue weighted by molar-refractivity contribution is 7.99. The van der Waals surface area contributed by atoms with Gasteiger partial charge in [-0.25, -0.2) is 9.59 Å². The number of aryl methyl sites for hydroxylation is 2. The Morgan fingerprint density at radius 3 is 2.47 bits per heavy atom. The van der Waals surface area contributed by atoms with Crippen LogP contribution >= 0.6 is 23.1 Å². The summed E-state index contributed by atoms with van der Waals surface area (Å²) in [5.41, 5.74) is 2.80. The fraction of sp³-hybridized carbons (Fsp3) is 0.346. The second kappa shape index (κ2) is 12.7. The van der Waals surface area contributed by atoms with E-state index < -0.39 is 23.9 Å². The lowest BCUT2D eigenvalue weighted by molar-refractivity contribution is -0.113. The molecule has 2 aromatic heterocycles. The molecule has 12 heteroatoms. The third-order valence-electron chi connectivity index (χ3n) is 5.70. The number of thiophene rings is 1. The Labute approximate surface area is 229 Å². The molecule has 2 heterocycles. The van der Waals surface area contributed by atoms with Crippen LogP contribution in [0.3, 0.4) is 0 Å². The Kier molecular flexibility index (Phi) is 9.70. The molecule has 0 fully saturated rings. The maximum absolute atomic E-state index is 12.8. The van der Waals surface area contributed by atoms with E-state index in [0.29, 0.717) is 23.1 Å². The molecule has 0 spiro atoms. The zero-order chi connectivity index (χ0) is 28.0. The van der Waals surface area contributed by atoms with E-state index in [9.17, 15) is 14.4 Å². The number of anilines is 1. The first-order chi connectivity index (χ1) is 18.1. The Balaban J connectivity index is 1.75. The van der Waals surface area contributed by atoms with Crippen LogP contribution in [-0.2, 0) is 20.8 Å². The summed E-state index contributed by atoms with van der Waals surface area (Å²) in [4.78, 5) is 37.5. The summed E-state index contributed by atoms with van der Waals surface area (Å²) in [6.45, 7) is 11.8. The van der Waals surface area contributed by atoms with Crippen molar-refractivity contribution in [3.8, 4) is 5.75 Å². The number of benzene rings is 1. The van der Waals surface area contributed by atoms with E-state index in [-0.39, 0.29) is 21.2 Å². The Bertz CT molecular complexity index is 1360. The molecule has 1 aromatic carbocycles. The van der Waals surface area contributed by atoms with Gasteiger partial charge in [0.2, 0.25) is 5.91 Å². The quantitative estimate of drug-likeness (QED) is 0.199. The lowest BCUT2D eigenvalue weighted by Crippen LogP contribution is -2.17. The molecule has 0 aliphatic rings. The summed E-state index contributed by atoms with van der Waals surface area (Å²) in [6, 6.07) is 5.88. The van der Waals surface area contributed by atoms with Gasteiger partial charge in [0.1, 0.15) is 15.6 Å². The number of ether oxygens (including phenoxy) is 3. The number of methoxy groups -OCH3 is 2. The molecule has 0 saturated heterocycles. The van der Waals surface area contributed by atoms with E-state index in [2.05, 4.69) is 22.1 Å². The number of esters is 2. The summed E-state index contributed by atoms with van der Waals surface area (Å²) in [5.74, 6) is -0.365. The molecular weight excluding hydrogens is 528 g/mol. The number of thioether (sulfide) groups is 1. The SMILES string of the molecule is C=CCn1c(SCC(=O)Nc2sc(C(=O)OC)c(C)c2C(=O)OC)nnc1C(C)Oc1ccc(C)c(C)c1. The number of hydrogen-bond donors (Lipinski definition) is 1. The molecule has 1 N–H and O–H groups in total. The van der Waals surface area contributed by atoms with Crippen molar-refractivity contribution in [3.05, 3.63) is 63.8 Å². The molecule has 3 aromatic rings. The first-order valence-electron chi connectivity index (χ1n) is 11.6. The second-order valence-electron chi connectivity index (χ2n) is 8.33. The molecule has 3 rings (SSSR count). The molecule has 1 unspecified atom stereocenters. The average molecular weight is 559 g/mol. The van der Waals surface area contributed by atoms with E-state index in [1.807, 2.05) is 43.5 Å². The van der Waals surface area contributed by atoms with Gasteiger partial charge < -0.3 is 19.5 Å². The normalized spacial score (nSPS) is 11.5. The number of carbonyl (C=O) groups is 3. The predicted octanol–water partition coefficient (Wildman–Crippen LogP) is 4.89. The molecule has 0 saturated carbocycles. The number of nitrogens with one attached hydrogen (secondary N) is 1. The monoisotopic (exact) mass is 558 g/mol. The van der Waals surface area contributed by atoms with Crippen LogP contribution in [0.15, 0.2) is 36.0 Å². The van der Waals surface area contributed by atoms with Crippen molar-refractivity contribution in [2.24, 2.45) is 0 Å². The van der Waals surface area contributed by atoms with Gasteiger partial charge in [-0.1, -0.05) is 23.9 Å². The number of carbonyl (C=O) groups excluding carboxylic acids is 3. The Morgan fingerprint density at radius 2 is 1.84 bits per heavy atom. The first-order valence-corrected chi connectivity index (χ1v) is 13.4. The first kappa shape index (κ1) is 28.9. The topological polar surface area (TPSA) is 122 Å². The van der Waals surface area contributed by atoms with Gasteiger partial charge in [0, 0.05) is 6.54 Å². The number of amides is 1. The molecule has 0 radical (unpaired) electrons. The van der Waals surface area contributed by atoms with Crippen LogP contribution in [-0.4, -0.2) is 52.6 Å². The molecule has 1 amide bonds. The van der Waals surface area contributed by atoms with Crippen LogP contribution in [0.25, 0.3) is 0 Å². The fourth-order valence-corrected chi connectivity index (χ4v) is 5.47. The van der Waals surface area contributed by atoms with E-state index in [4.69, 9.17) is 14.2 Å². The number of aromatic nitrogens is 3. The van der Waals surface area contributed by atoms with E-state index >= 15 is 0 Å². The molecule has 38 heavy (non-hydrogen) atoms. The maximum atomic E-state index is 12.8. The van der Waals surface area contributed by atoms with Crippen LogP contribution in [0.2, 0.25) is 0 Å². The summed E-state index contributed by atoms with van der Waals surface area (Å²) in [5, 5.41) is 12.0. The Morgan fingerprint density at radius 1 is 1.13 bits per heavy atom. The van der Waals surface area contributed by atoms with Crippen molar-refractivity contribution in [2.75, 3.05) is 25.3 Å². The van der Waals surface area contributed by atoms with Crippen molar-refractivity contribution in [1.82, 2.24) is 14.8 Å². The van der Waals surface area contributed by atoms with Gasteiger partial charge in [0.25, 0.3) is 0 Å². The van der Waals surface area contributed by atoms with Crippen molar-refractivity contribution in [2.45, 2.75) is 45.5 Å². The molecule has 0 bridgehead atoms. The lowest BCUT2D eigenvalue weighted by atomic mass is 10.1. The van der Waals surface area contributed by atoms with E-state index in [1.165, 1.54) is 31.5 Å². The van der Waals surface area contributed by atoms with Crippen molar-refractivity contribution >= 4 is 45.9 Å². The smallest absolute Gasteiger partial charge is 0.348 e. The molecule has 1 atom stereocenters. The summed E-state index contributed by atoms with van der Waals surface area (Å²) in [6.07, 6.45) is 1.31. The van der Waals surface area contributed by atoms with Crippen LogP contribution in [0.5, 0.6) is 5.75 Å². The standard InChI is InChI=1S/C26H30N4O6S2/c1-8-11-30-22(17(5)36-18-10-9-14(2)15(3)12-18)28-29-26(30)37-13-19(31)27-23-20(24(32)34-6)16(4)21(38-23)25(33)35-7/h8-10,12,17H,1,11,13H2,2-7H3,(H,27,31).